The van der Waals surface area contributed by atoms with Crippen molar-refractivity contribution >= 4 is 5.91 Å². The first-order chi connectivity index (χ1) is 9.26. The zero-order valence-corrected chi connectivity index (χ0v) is 11.1. The minimum atomic E-state index is -0.161. The number of ether oxygens (including phenoxy) is 2. The van der Waals surface area contributed by atoms with Gasteiger partial charge in [0.05, 0.1) is 5.56 Å². The van der Waals surface area contributed by atoms with Crippen molar-refractivity contribution in [3.05, 3.63) is 23.8 Å². The van der Waals surface area contributed by atoms with Crippen molar-refractivity contribution in [2.75, 3.05) is 19.8 Å². The van der Waals surface area contributed by atoms with Gasteiger partial charge in [-0.25, -0.2) is 0 Å². The molecule has 3 N–H and O–H groups in total. The molecule has 1 atom stereocenters. The molecule has 0 saturated heterocycles. The third-order valence-corrected chi connectivity index (χ3v) is 3.07. The molecule has 1 heterocycles. The van der Waals surface area contributed by atoms with Crippen LogP contribution in [-0.4, -0.2) is 31.7 Å². The lowest BCUT2D eigenvalue weighted by atomic mass is 10.1. The van der Waals surface area contributed by atoms with Gasteiger partial charge in [0.15, 0.2) is 11.5 Å². The third kappa shape index (κ3) is 3.17. The van der Waals surface area contributed by atoms with Crippen molar-refractivity contribution in [1.82, 2.24) is 5.32 Å². The average Bonchev–Trinajstić information content (AvgIpc) is 2.46. The lowest BCUT2D eigenvalue weighted by molar-refractivity contribution is 0.0925. The lowest BCUT2D eigenvalue weighted by Crippen LogP contribution is -2.40. The molecule has 0 spiro atoms. The molecule has 0 saturated carbocycles. The fourth-order valence-electron chi connectivity index (χ4n) is 2.11. The van der Waals surface area contributed by atoms with Gasteiger partial charge in [0, 0.05) is 12.6 Å². The van der Waals surface area contributed by atoms with Crippen LogP contribution in [0.4, 0.5) is 0 Å². The molecule has 5 nitrogen and oxygen atoms in total. The van der Waals surface area contributed by atoms with Gasteiger partial charge in [-0.1, -0.05) is 19.4 Å². The van der Waals surface area contributed by atoms with Crippen LogP contribution >= 0.6 is 0 Å². The predicted molar refractivity (Wildman–Crippen MR) is 72.6 cm³/mol. The molecule has 1 aromatic carbocycles. The number of hydrogen-bond donors (Lipinski definition) is 2. The highest BCUT2D eigenvalue weighted by atomic mass is 16.6. The van der Waals surface area contributed by atoms with E-state index in [0.29, 0.717) is 36.8 Å². The number of benzene rings is 1. The summed E-state index contributed by atoms with van der Waals surface area (Å²) in [6.07, 6.45) is 1.85. The van der Waals surface area contributed by atoms with Crippen molar-refractivity contribution in [1.29, 1.82) is 0 Å². The Morgan fingerprint density at radius 1 is 1.42 bits per heavy atom. The minimum Gasteiger partial charge on any atom is -0.486 e. The van der Waals surface area contributed by atoms with Gasteiger partial charge >= 0.3 is 0 Å². The minimum absolute atomic E-state index is 0.00198. The SMILES string of the molecule is CCCC(CN)NC(=O)c1cccc2c1OCCO2. The molecule has 1 aliphatic rings. The Morgan fingerprint density at radius 3 is 2.95 bits per heavy atom. The van der Waals surface area contributed by atoms with Gasteiger partial charge in [0.25, 0.3) is 5.91 Å². The van der Waals surface area contributed by atoms with E-state index in [1.54, 1.807) is 18.2 Å². The zero-order chi connectivity index (χ0) is 13.7. The van der Waals surface area contributed by atoms with E-state index >= 15 is 0 Å². The van der Waals surface area contributed by atoms with Crippen molar-refractivity contribution in [2.45, 2.75) is 25.8 Å². The molecular formula is C14H20N2O3. The Hall–Kier alpha value is -1.75. The summed E-state index contributed by atoms with van der Waals surface area (Å²) in [4.78, 5) is 12.3. The molecule has 2 rings (SSSR count). The van der Waals surface area contributed by atoms with E-state index in [1.807, 2.05) is 0 Å². The highest BCUT2D eigenvalue weighted by Gasteiger charge is 2.21. The van der Waals surface area contributed by atoms with Crippen LogP contribution in [0.3, 0.4) is 0 Å². The zero-order valence-electron chi connectivity index (χ0n) is 11.1. The Bertz CT molecular complexity index is 448. The molecule has 1 aliphatic heterocycles. The van der Waals surface area contributed by atoms with Gasteiger partial charge in [0.2, 0.25) is 0 Å². The smallest absolute Gasteiger partial charge is 0.255 e. The molecule has 0 aliphatic carbocycles. The molecule has 5 heteroatoms. The van der Waals surface area contributed by atoms with Crippen LogP contribution < -0.4 is 20.5 Å². The van der Waals surface area contributed by atoms with E-state index in [1.165, 1.54) is 0 Å². The summed E-state index contributed by atoms with van der Waals surface area (Å²) in [7, 11) is 0. The summed E-state index contributed by atoms with van der Waals surface area (Å²) in [5, 5.41) is 2.93. The topological polar surface area (TPSA) is 73.6 Å². The number of fused-ring (bicyclic) bond motifs is 1. The molecule has 1 amide bonds. The summed E-state index contributed by atoms with van der Waals surface area (Å²) in [5.41, 5.74) is 6.16. The van der Waals surface area contributed by atoms with Gasteiger partial charge in [-0.15, -0.1) is 0 Å². The maximum atomic E-state index is 12.3. The Labute approximate surface area is 113 Å². The number of hydrogen-bond acceptors (Lipinski definition) is 4. The average molecular weight is 264 g/mol. The van der Waals surface area contributed by atoms with E-state index < -0.39 is 0 Å². The van der Waals surface area contributed by atoms with Crippen LogP contribution in [0.1, 0.15) is 30.1 Å². The summed E-state index contributed by atoms with van der Waals surface area (Å²) in [5.74, 6) is 0.989. The molecule has 0 radical (unpaired) electrons. The molecule has 104 valence electrons. The Balaban J connectivity index is 2.15. The van der Waals surface area contributed by atoms with Gasteiger partial charge in [-0.05, 0) is 18.6 Å². The summed E-state index contributed by atoms with van der Waals surface area (Å²) in [6.45, 7) is 3.48. The second-order valence-electron chi connectivity index (χ2n) is 4.52. The molecule has 19 heavy (non-hydrogen) atoms. The first kappa shape index (κ1) is 13.7. The highest BCUT2D eigenvalue weighted by molar-refractivity contribution is 5.98. The van der Waals surface area contributed by atoms with Crippen molar-refractivity contribution < 1.29 is 14.3 Å². The van der Waals surface area contributed by atoms with Crippen molar-refractivity contribution in [2.24, 2.45) is 5.73 Å². The van der Waals surface area contributed by atoms with E-state index in [4.69, 9.17) is 15.2 Å². The van der Waals surface area contributed by atoms with Crippen LogP contribution in [0.25, 0.3) is 0 Å². The number of rotatable bonds is 5. The Kier molecular flexibility index (Phi) is 4.63. The molecule has 0 bridgehead atoms. The first-order valence-corrected chi connectivity index (χ1v) is 6.65. The van der Waals surface area contributed by atoms with Gasteiger partial charge < -0.3 is 20.5 Å². The number of nitrogens with one attached hydrogen (secondary N) is 1. The highest BCUT2D eigenvalue weighted by Crippen LogP contribution is 2.33. The summed E-state index contributed by atoms with van der Waals surface area (Å²) in [6, 6.07) is 5.33. The van der Waals surface area contributed by atoms with E-state index in [0.717, 1.165) is 12.8 Å². The monoisotopic (exact) mass is 264 g/mol. The molecule has 1 unspecified atom stereocenters. The van der Waals surface area contributed by atoms with Crippen molar-refractivity contribution in [3.8, 4) is 11.5 Å². The fourth-order valence-corrected chi connectivity index (χ4v) is 2.11. The first-order valence-electron chi connectivity index (χ1n) is 6.65. The van der Waals surface area contributed by atoms with Crippen LogP contribution in [0, 0.1) is 0 Å². The normalized spacial score (nSPS) is 14.8. The largest absolute Gasteiger partial charge is 0.486 e. The summed E-state index contributed by atoms with van der Waals surface area (Å²) < 4.78 is 11.0. The third-order valence-electron chi connectivity index (χ3n) is 3.07. The van der Waals surface area contributed by atoms with E-state index in [-0.39, 0.29) is 11.9 Å². The molecule has 0 aromatic heterocycles. The molecule has 1 aromatic rings. The predicted octanol–water partition coefficient (Wildman–Crippen LogP) is 1.31. The lowest BCUT2D eigenvalue weighted by Gasteiger charge is -2.22. The maximum Gasteiger partial charge on any atom is 0.255 e. The van der Waals surface area contributed by atoms with Crippen LogP contribution in [0.5, 0.6) is 11.5 Å². The van der Waals surface area contributed by atoms with Crippen LogP contribution in [0.15, 0.2) is 18.2 Å². The number of nitrogens with two attached hydrogens (primary N) is 1. The number of para-hydroxylation sites is 1. The van der Waals surface area contributed by atoms with Crippen LogP contribution in [-0.2, 0) is 0 Å². The fraction of sp³-hybridized carbons (Fsp3) is 0.500. The van der Waals surface area contributed by atoms with Gasteiger partial charge in [-0.3, -0.25) is 4.79 Å². The molecular weight excluding hydrogens is 244 g/mol. The van der Waals surface area contributed by atoms with E-state index in [9.17, 15) is 4.79 Å². The summed E-state index contributed by atoms with van der Waals surface area (Å²) >= 11 is 0. The number of carbonyl (C=O) groups is 1. The standard InChI is InChI=1S/C14H20N2O3/c1-2-4-10(9-15)16-14(17)11-5-3-6-12-13(11)19-8-7-18-12/h3,5-6,10H,2,4,7-9,15H2,1H3,(H,16,17). The second kappa shape index (κ2) is 6.43. The number of carbonyl (C=O) groups excluding carboxylic acids is 1. The quantitative estimate of drug-likeness (QED) is 0.841. The van der Waals surface area contributed by atoms with Gasteiger partial charge in [0.1, 0.15) is 13.2 Å². The second-order valence-corrected chi connectivity index (χ2v) is 4.52. The van der Waals surface area contributed by atoms with Crippen molar-refractivity contribution in [3.63, 3.8) is 0 Å². The van der Waals surface area contributed by atoms with E-state index in [2.05, 4.69) is 12.2 Å². The molecule has 0 fully saturated rings. The van der Waals surface area contributed by atoms with Crippen LogP contribution in [0.2, 0.25) is 0 Å². The van der Waals surface area contributed by atoms with Gasteiger partial charge in [-0.2, -0.15) is 0 Å². The Morgan fingerprint density at radius 2 is 2.21 bits per heavy atom. The maximum absolute atomic E-state index is 12.3. The number of amides is 1.